The van der Waals surface area contributed by atoms with Gasteiger partial charge in [0.2, 0.25) is 0 Å². The van der Waals surface area contributed by atoms with Gasteiger partial charge in [0, 0.05) is 12.7 Å². The first-order valence-corrected chi connectivity index (χ1v) is 10.7. The Balaban J connectivity index is 1.88. The van der Waals surface area contributed by atoms with Gasteiger partial charge in [-0.25, -0.2) is 4.98 Å². The summed E-state index contributed by atoms with van der Waals surface area (Å²) < 4.78 is 1.78. The Hall–Kier alpha value is -3.45. The van der Waals surface area contributed by atoms with E-state index in [1.54, 1.807) is 16.2 Å². The number of ketones is 1. The first kappa shape index (κ1) is 21.8. The molecule has 166 valence electrons. The van der Waals surface area contributed by atoms with Crippen molar-refractivity contribution in [2.24, 2.45) is 0 Å². The zero-order chi connectivity index (χ0) is 23.0. The fraction of sp³-hybridized carbons (Fsp3) is 0.320. The van der Waals surface area contributed by atoms with Gasteiger partial charge in [-0.05, 0) is 58.1 Å². The second-order valence-corrected chi connectivity index (χ2v) is 8.49. The number of aromatic nitrogens is 2. The monoisotopic (exact) mass is 432 g/mol. The maximum atomic E-state index is 13.2. The van der Waals surface area contributed by atoms with Gasteiger partial charge in [0.05, 0.1) is 17.3 Å². The van der Waals surface area contributed by atoms with Crippen LogP contribution < -0.4 is 0 Å². The third-order valence-electron chi connectivity index (χ3n) is 5.90. The molecule has 1 amide bonds. The van der Waals surface area contributed by atoms with Crippen LogP contribution in [0, 0.1) is 13.8 Å². The summed E-state index contributed by atoms with van der Waals surface area (Å²) in [5.74, 6) is -1.44. The van der Waals surface area contributed by atoms with Crippen molar-refractivity contribution in [3.63, 3.8) is 0 Å². The minimum atomic E-state index is -0.664. The van der Waals surface area contributed by atoms with Crippen LogP contribution in [-0.4, -0.2) is 63.2 Å². The number of rotatable bonds is 6. The topological polar surface area (TPSA) is 78.1 Å². The molecule has 3 aromatic rings. The number of aliphatic hydroxyl groups excluding tert-OH is 1. The Morgan fingerprint density at radius 1 is 1.09 bits per heavy atom. The largest absolute Gasteiger partial charge is 0.505 e. The predicted molar refractivity (Wildman–Crippen MR) is 123 cm³/mol. The van der Waals surface area contributed by atoms with E-state index in [1.165, 1.54) is 0 Å². The number of aryl methyl sites for hydroxylation is 2. The molecule has 1 aliphatic heterocycles. The van der Waals surface area contributed by atoms with Crippen LogP contribution in [0.3, 0.4) is 0 Å². The van der Waals surface area contributed by atoms with Crippen LogP contribution in [0.15, 0.2) is 54.2 Å². The van der Waals surface area contributed by atoms with Crippen LogP contribution >= 0.6 is 0 Å². The van der Waals surface area contributed by atoms with E-state index >= 15 is 0 Å². The number of likely N-dealkylation sites (tertiary alicyclic amines) is 1. The molecule has 0 bridgehead atoms. The number of Topliss-reactive ketones (excluding diaryl/α,β-unsaturated/α-hetero) is 1. The fourth-order valence-corrected chi connectivity index (χ4v) is 4.38. The number of imidazole rings is 1. The van der Waals surface area contributed by atoms with Crippen LogP contribution in [0.1, 0.15) is 35.0 Å². The number of fused-ring (bicyclic) bond motifs is 1. The Morgan fingerprint density at radius 3 is 2.50 bits per heavy atom. The number of hydrogen-bond acceptors (Lipinski definition) is 5. The van der Waals surface area contributed by atoms with Gasteiger partial charge in [-0.3, -0.25) is 14.0 Å². The highest BCUT2D eigenvalue weighted by molar-refractivity contribution is 6.46. The first-order valence-electron chi connectivity index (χ1n) is 10.7. The van der Waals surface area contributed by atoms with Crippen LogP contribution in [0.2, 0.25) is 0 Å². The van der Waals surface area contributed by atoms with Gasteiger partial charge in [-0.1, -0.05) is 36.4 Å². The van der Waals surface area contributed by atoms with Crippen LogP contribution in [0.4, 0.5) is 0 Å². The smallest absolute Gasteiger partial charge is 0.295 e. The molecule has 1 fully saturated rings. The third kappa shape index (κ3) is 3.69. The molecule has 32 heavy (non-hydrogen) atoms. The van der Waals surface area contributed by atoms with Gasteiger partial charge >= 0.3 is 0 Å². The lowest BCUT2D eigenvalue weighted by Crippen LogP contribution is -2.32. The summed E-state index contributed by atoms with van der Waals surface area (Å²) in [7, 11) is 3.94. The number of aliphatic hydroxyl groups is 1. The summed E-state index contributed by atoms with van der Waals surface area (Å²) in [4.78, 5) is 34.5. The second kappa shape index (κ2) is 8.59. The number of benzene rings is 1. The molecule has 0 radical (unpaired) electrons. The molecule has 3 heterocycles. The zero-order valence-electron chi connectivity index (χ0n) is 18.9. The van der Waals surface area contributed by atoms with E-state index in [-0.39, 0.29) is 11.3 Å². The summed E-state index contributed by atoms with van der Waals surface area (Å²) in [6.07, 6.45) is 2.53. The van der Waals surface area contributed by atoms with Gasteiger partial charge < -0.3 is 14.9 Å². The molecule has 1 aromatic carbocycles. The molecular weight excluding hydrogens is 404 g/mol. The van der Waals surface area contributed by atoms with Crippen molar-refractivity contribution in [3.8, 4) is 0 Å². The lowest BCUT2D eigenvalue weighted by Gasteiger charge is -2.26. The van der Waals surface area contributed by atoms with E-state index in [1.807, 2.05) is 74.6 Å². The number of pyridine rings is 1. The molecular formula is C25H28N4O3. The summed E-state index contributed by atoms with van der Waals surface area (Å²) in [5, 5.41) is 11.4. The van der Waals surface area contributed by atoms with E-state index in [2.05, 4.69) is 4.98 Å². The van der Waals surface area contributed by atoms with Crippen molar-refractivity contribution in [2.75, 3.05) is 27.2 Å². The Morgan fingerprint density at radius 2 is 1.81 bits per heavy atom. The summed E-state index contributed by atoms with van der Waals surface area (Å²) in [6.45, 7) is 4.95. The highest BCUT2D eigenvalue weighted by atomic mass is 16.3. The van der Waals surface area contributed by atoms with E-state index in [4.69, 9.17) is 0 Å². The summed E-state index contributed by atoms with van der Waals surface area (Å²) in [5.41, 5.74) is 3.61. The molecule has 1 N–H and O–H groups in total. The van der Waals surface area contributed by atoms with Gasteiger partial charge in [0.1, 0.15) is 11.3 Å². The minimum Gasteiger partial charge on any atom is -0.505 e. The van der Waals surface area contributed by atoms with Gasteiger partial charge in [0.15, 0.2) is 5.76 Å². The van der Waals surface area contributed by atoms with Crippen molar-refractivity contribution < 1.29 is 14.7 Å². The summed E-state index contributed by atoms with van der Waals surface area (Å²) >= 11 is 0. The number of carbonyl (C=O) groups is 2. The average molecular weight is 433 g/mol. The molecule has 2 aromatic heterocycles. The number of hydrogen-bond donors (Lipinski definition) is 1. The van der Waals surface area contributed by atoms with Crippen molar-refractivity contribution in [2.45, 2.75) is 26.3 Å². The quantitative estimate of drug-likeness (QED) is 0.367. The van der Waals surface area contributed by atoms with E-state index in [9.17, 15) is 14.7 Å². The molecule has 1 atom stereocenters. The third-order valence-corrected chi connectivity index (χ3v) is 5.90. The van der Waals surface area contributed by atoms with Crippen molar-refractivity contribution in [1.82, 2.24) is 19.2 Å². The number of carbonyl (C=O) groups excluding carboxylic acids is 2. The summed E-state index contributed by atoms with van der Waals surface area (Å²) in [6, 6.07) is 12.6. The van der Waals surface area contributed by atoms with E-state index in [0.29, 0.717) is 23.6 Å². The van der Waals surface area contributed by atoms with Crippen LogP contribution in [0.25, 0.3) is 11.4 Å². The molecule has 7 heteroatoms. The fourth-order valence-electron chi connectivity index (χ4n) is 4.38. The lowest BCUT2D eigenvalue weighted by atomic mass is 9.96. The Kier molecular flexibility index (Phi) is 5.84. The molecule has 7 nitrogen and oxygen atoms in total. The maximum absolute atomic E-state index is 13.2. The molecule has 1 aliphatic rings. The van der Waals surface area contributed by atoms with Gasteiger partial charge in [-0.2, -0.15) is 0 Å². The predicted octanol–water partition coefficient (Wildman–Crippen LogP) is 3.32. The molecule has 1 saturated heterocycles. The minimum absolute atomic E-state index is 0.109. The van der Waals surface area contributed by atoms with Crippen LogP contribution in [-0.2, 0) is 9.59 Å². The van der Waals surface area contributed by atoms with Crippen LogP contribution in [0.5, 0.6) is 0 Å². The highest BCUT2D eigenvalue weighted by Gasteiger charge is 2.46. The number of nitrogens with zero attached hydrogens (tertiary/aromatic N) is 4. The lowest BCUT2D eigenvalue weighted by molar-refractivity contribution is -0.139. The average Bonchev–Trinajstić information content (AvgIpc) is 3.23. The van der Waals surface area contributed by atoms with E-state index < -0.39 is 17.7 Å². The van der Waals surface area contributed by atoms with E-state index in [0.717, 1.165) is 24.1 Å². The molecule has 4 rings (SSSR count). The number of amides is 1. The standard InChI is InChI=1S/C25H28N4O3/c1-16-10-8-14-28-20(17(2)26-24(16)28)22(30)19-21(18-11-6-5-7-12-18)29(25(32)23(19)31)15-9-13-27(3)4/h5-8,10-12,14,21,30H,9,13,15H2,1-4H3/t21-/m1/s1. The zero-order valence-corrected chi connectivity index (χ0v) is 18.9. The Labute approximate surface area is 187 Å². The van der Waals surface area contributed by atoms with Gasteiger partial charge in [0.25, 0.3) is 11.7 Å². The molecule has 0 aliphatic carbocycles. The maximum Gasteiger partial charge on any atom is 0.295 e. The second-order valence-electron chi connectivity index (χ2n) is 8.49. The molecule has 0 spiro atoms. The van der Waals surface area contributed by atoms with Crippen molar-refractivity contribution in [3.05, 3.63) is 76.7 Å². The first-order chi connectivity index (χ1) is 15.3. The normalized spacial score (nSPS) is 18.3. The molecule has 0 unspecified atom stereocenters. The van der Waals surface area contributed by atoms with Crippen molar-refractivity contribution >= 4 is 23.1 Å². The van der Waals surface area contributed by atoms with Crippen molar-refractivity contribution in [1.29, 1.82) is 0 Å². The Bertz CT molecular complexity index is 1210. The SMILES string of the molecule is Cc1nc2c(C)cccn2c1C(O)=C1C(=O)C(=O)N(CCCN(C)C)[C@@H]1c1ccccc1. The highest BCUT2D eigenvalue weighted by Crippen LogP contribution is 2.40. The molecule has 0 saturated carbocycles. The van der Waals surface area contributed by atoms with Gasteiger partial charge in [-0.15, -0.1) is 0 Å².